The number of carbonyl (C=O) groups is 1. The Bertz CT molecular complexity index is 994. The molecule has 3 heterocycles. The van der Waals surface area contributed by atoms with Crippen LogP contribution in [0.4, 0.5) is 0 Å². The summed E-state index contributed by atoms with van der Waals surface area (Å²) in [5.74, 6) is 1.15. The predicted octanol–water partition coefficient (Wildman–Crippen LogP) is 4.36. The average Bonchev–Trinajstić information content (AvgIpc) is 3.31. The number of aliphatic imine (C=N–C) groups is 2. The Hall–Kier alpha value is -2.19. The lowest BCUT2D eigenvalue weighted by Crippen LogP contribution is -2.26. The van der Waals surface area contributed by atoms with Crippen LogP contribution < -0.4 is 0 Å². The van der Waals surface area contributed by atoms with Crippen LogP contribution >= 0.6 is 23.5 Å². The molecule has 1 aliphatic carbocycles. The van der Waals surface area contributed by atoms with E-state index in [1.807, 2.05) is 30.3 Å². The first-order valence-electron chi connectivity index (χ1n) is 8.89. The molecular formula is C19H16N4O2S2. The zero-order valence-corrected chi connectivity index (χ0v) is 16.1. The summed E-state index contributed by atoms with van der Waals surface area (Å²) >= 11 is 3.03. The van der Waals surface area contributed by atoms with Crippen molar-refractivity contribution in [3.8, 4) is 11.5 Å². The van der Waals surface area contributed by atoms with Crippen LogP contribution in [0.3, 0.4) is 0 Å². The minimum atomic E-state index is -0.216. The van der Waals surface area contributed by atoms with E-state index in [0.717, 1.165) is 29.9 Å². The van der Waals surface area contributed by atoms with Gasteiger partial charge in [0.1, 0.15) is 11.8 Å². The molecule has 1 unspecified atom stereocenters. The van der Waals surface area contributed by atoms with Crippen molar-refractivity contribution in [1.82, 2.24) is 10.2 Å². The summed E-state index contributed by atoms with van der Waals surface area (Å²) < 4.78 is 5.69. The summed E-state index contributed by atoms with van der Waals surface area (Å²) in [7, 11) is 0. The van der Waals surface area contributed by atoms with E-state index in [1.165, 1.54) is 28.7 Å². The third-order valence-electron chi connectivity index (χ3n) is 4.76. The molecule has 6 nitrogen and oxygen atoms in total. The molecule has 1 amide bonds. The van der Waals surface area contributed by atoms with Crippen molar-refractivity contribution in [1.29, 1.82) is 0 Å². The standard InChI is InChI=1S/C19H16N4O2S2/c24-16-15-12-8-4-5-9-13(12)27-18(15)21-14(20-16)10-26-19-23-22-17(25-19)11-6-2-1-3-7-11/h1-3,6-7,15H,4-5,8-10H2. The van der Waals surface area contributed by atoms with Gasteiger partial charge in [-0.2, -0.15) is 4.99 Å². The lowest BCUT2D eigenvalue weighted by molar-refractivity contribution is -0.118. The molecule has 1 aromatic heterocycles. The van der Waals surface area contributed by atoms with E-state index >= 15 is 0 Å². The molecule has 1 aromatic carbocycles. The Morgan fingerprint density at radius 2 is 1.96 bits per heavy atom. The van der Waals surface area contributed by atoms with E-state index < -0.39 is 0 Å². The number of carbonyl (C=O) groups excluding carboxylic acids is 1. The average molecular weight is 396 g/mol. The normalized spacial score (nSPS) is 21.6. The van der Waals surface area contributed by atoms with Crippen molar-refractivity contribution < 1.29 is 9.21 Å². The fraction of sp³-hybridized carbons (Fsp3) is 0.316. The van der Waals surface area contributed by atoms with Gasteiger partial charge in [-0.15, -0.1) is 10.2 Å². The molecule has 2 aliphatic heterocycles. The summed E-state index contributed by atoms with van der Waals surface area (Å²) in [5, 5.41) is 9.49. The van der Waals surface area contributed by atoms with Crippen LogP contribution in [0, 0.1) is 5.92 Å². The van der Waals surface area contributed by atoms with Crippen LogP contribution in [-0.2, 0) is 4.79 Å². The van der Waals surface area contributed by atoms with Crippen molar-refractivity contribution in [2.45, 2.75) is 30.9 Å². The fourth-order valence-electron chi connectivity index (χ4n) is 3.50. The van der Waals surface area contributed by atoms with Crippen molar-refractivity contribution in [2.75, 3.05) is 5.75 Å². The van der Waals surface area contributed by atoms with E-state index in [-0.39, 0.29) is 11.8 Å². The number of fused-ring (bicyclic) bond motifs is 2. The highest BCUT2D eigenvalue weighted by molar-refractivity contribution is 8.17. The van der Waals surface area contributed by atoms with Crippen molar-refractivity contribution in [3.05, 3.63) is 40.8 Å². The van der Waals surface area contributed by atoms with Crippen molar-refractivity contribution in [2.24, 2.45) is 15.9 Å². The molecule has 0 N–H and O–H groups in total. The summed E-state index contributed by atoms with van der Waals surface area (Å²) in [4.78, 5) is 22.8. The van der Waals surface area contributed by atoms with E-state index in [2.05, 4.69) is 20.2 Å². The molecule has 3 aliphatic rings. The molecule has 0 saturated heterocycles. The van der Waals surface area contributed by atoms with Gasteiger partial charge in [0.05, 0.1) is 10.8 Å². The third kappa shape index (κ3) is 3.27. The number of hydrogen-bond donors (Lipinski definition) is 0. The largest absolute Gasteiger partial charge is 0.411 e. The monoisotopic (exact) mass is 396 g/mol. The number of amides is 1. The van der Waals surface area contributed by atoms with E-state index in [9.17, 15) is 4.79 Å². The minimum Gasteiger partial charge on any atom is -0.411 e. The van der Waals surface area contributed by atoms with Gasteiger partial charge >= 0.3 is 0 Å². The second-order valence-corrected chi connectivity index (χ2v) is 8.58. The first-order chi connectivity index (χ1) is 13.3. The van der Waals surface area contributed by atoms with E-state index in [1.54, 1.807) is 11.8 Å². The summed E-state index contributed by atoms with van der Waals surface area (Å²) in [6.07, 6.45) is 4.42. The molecule has 0 saturated carbocycles. The highest BCUT2D eigenvalue weighted by Gasteiger charge is 2.40. The van der Waals surface area contributed by atoms with Crippen molar-refractivity contribution in [3.63, 3.8) is 0 Å². The number of benzene rings is 1. The Balaban J connectivity index is 1.28. The van der Waals surface area contributed by atoms with Gasteiger partial charge in [0.2, 0.25) is 5.89 Å². The number of amidine groups is 1. The molecule has 0 bridgehead atoms. The first kappa shape index (κ1) is 16.9. The Kier molecular flexibility index (Phi) is 4.45. The van der Waals surface area contributed by atoms with Gasteiger partial charge in [-0.25, -0.2) is 4.99 Å². The lowest BCUT2D eigenvalue weighted by atomic mass is 9.89. The van der Waals surface area contributed by atoms with Crippen LogP contribution in [0.5, 0.6) is 0 Å². The quantitative estimate of drug-likeness (QED) is 0.715. The van der Waals surface area contributed by atoms with E-state index in [0.29, 0.717) is 22.7 Å². The SMILES string of the molecule is O=C1N=C(CSc2nnc(-c3ccccc3)o2)N=C2SC3=C(CCCC3)C12. The van der Waals surface area contributed by atoms with Crippen LogP contribution in [0.2, 0.25) is 0 Å². The van der Waals surface area contributed by atoms with Gasteiger partial charge < -0.3 is 4.42 Å². The molecule has 136 valence electrons. The van der Waals surface area contributed by atoms with Crippen LogP contribution in [0.25, 0.3) is 11.5 Å². The van der Waals surface area contributed by atoms with Gasteiger partial charge in [-0.1, -0.05) is 41.7 Å². The van der Waals surface area contributed by atoms with E-state index in [4.69, 9.17) is 4.42 Å². The first-order valence-corrected chi connectivity index (χ1v) is 10.7. The van der Waals surface area contributed by atoms with Crippen LogP contribution in [0.1, 0.15) is 25.7 Å². The van der Waals surface area contributed by atoms with Gasteiger partial charge in [-0.3, -0.25) is 4.79 Å². The van der Waals surface area contributed by atoms with Crippen LogP contribution in [0.15, 0.2) is 60.4 Å². The Morgan fingerprint density at radius 3 is 2.85 bits per heavy atom. The second-order valence-electron chi connectivity index (χ2n) is 6.53. The smallest absolute Gasteiger partial charge is 0.277 e. The van der Waals surface area contributed by atoms with Crippen LogP contribution in [-0.4, -0.2) is 32.7 Å². The number of allylic oxidation sites excluding steroid dienone is 1. The summed E-state index contributed by atoms with van der Waals surface area (Å²) in [5.41, 5.74) is 2.14. The molecule has 0 radical (unpaired) electrons. The third-order valence-corrected chi connectivity index (χ3v) is 6.82. The number of thioether (sulfide) groups is 2. The molecule has 27 heavy (non-hydrogen) atoms. The molecule has 0 spiro atoms. The van der Waals surface area contributed by atoms with Gasteiger partial charge in [0, 0.05) is 5.56 Å². The minimum absolute atomic E-state index is 0.0782. The molecule has 1 atom stereocenters. The summed E-state index contributed by atoms with van der Waals surface area (Å²) in [6.45, 7) is 0. The second kappa shape index (κ2) is 7.09. The predicted molar refractivity (Wildman–Crippen MR) is 107 cm³/mol. The maximum atomic E-state index is 12.6. The fourth-order valence-corrected chi connectivity index (χ4v) is 5.48. The molecular weight excluding hydrogens is 380 g/mol. The topological polar surface area (TPSA) is 80.7 Å². The number of nitrogens with zero attached hydrogens (tertiary/aromatic N) is 4. The Morgan fingerprint density at radius 1 is 1.11 bits per heavy atom. The maximum absolute atomic E-state index is 12.6. The Labute approximate surface area is 164 Å². The molecule has 0 fully saturated rings. The highest BCUT2D eigenvalue weighted by atomic mass is 32.2. The molecule has 8 heteroatoms. The lowest BCUT2D eigenvalue weighted by Gasteiger charge is -2.18. The zero-order chi connectivity index (χ0) is 18.2. The zero-order valence-electron chi connectivity index (χ0n) is 14.4. The summed E-state index contributed by atoms with van der Waals surface area (Å²) in [6, 6.07) is 9.63. The number of rotatable bonds is 4. The molecule has 2 aromatic rings. The van der Waals surface area contributed by atoms with Crippen molar-refractivity contribution >= 4 is 40.3 Å². The number of hydrogen-bond acceptors (Lipinski definition) is 7. The number of aromatic nitrogens is 2. The highest BCUT2D eigenvalue weighted by Crippen LogP contribution is 2.47. The van der Waals surface area contributed by atoms with Gasteiger partial charge in [0.25, 0.3) is 11.1 Å². The van der Waals surface area contributed by atoms with Gasteiger partial charge in [0.15, 0.2) is 0 Å². The molecule has 5 rings (SSSR count). The van der Waals surface area contributed by atoms with Gasteiger partial charge in [-0.05, 0) is 48.3 Å². The maximum Gasteiger partial charge on any atom is 0.277 e.